The summed E-state index contributed by atoms with van der Waals surface area (Å²) in [7, 11) is 0. The van der Waals surface area contributed by atoms with E-state index < -0.39 is 0 Å². The monoisotopic (exact) mass is 199 g/mol. The highest BCUT2D eigenvalue weighted by Crippen LogP contribution is 2.47. The maximum atomic E-state index is 2.69. The third-order valence-electron chi connectivity index (χ3n) is 3.49. The van der Waals surface area contributed by atoms with E-state index in [1.54, 1.807) is 0 Å². The van der Waals surface area contributed by atoms with Crippen LogP contribution in [0.2, 0.25) is 0 Å². The summed E-state index contributed by atoms with van der Waals surface area (Å²) in [5.74, 6) is 0.936. The van der Waals surface area contributed by atoms with E-state index in [0.717, 1.165) is 5.92 Å². The molecule has 1 heterocycles. The molecule has 13 heavy (non-hydrogen) atoms. The maximum Gasteiger partial charge on any atom is 0.0285 e. The third kappa shape index (κ3) is 2.41. The van der Waals surface area contributed by atoms with Crippen molar-refractivity contribution in [3.63, 3.8) is 0 Å². The molecule has 0 N–H and O–H groups in total. The van der Waals surface area contributed by atoms with Gasteiger partial charge in [0, 0.05) is 17.8 Å². The summed E-state index contributed by atoms with van der Waals surface area (Å²) >= 11 is 2.09. The lowest BCUT2D eigenvalue weighted by molar-refractivity contribution is 0.182. The van der Waals surface area contributed by atoms with E-state index in [9.17, 15) is 0 Å². The van der Waals surface area contributed by atoms with Gasteiger partial charge in [-0.1, -0.05) is 6.92 Å². The number of rotatable bonds is 3. The predicted octanol–water partition coefficient (Wildman–Crippen LogP) is 2.61. The van der Waals surface area contributed by atoms with Gasteiger partial charge in [0.15, 0.2) is 0 Å². The number of likely N-dealkylation sites (tertiary alicyclic amines) is 1. The average Bonchev–Trinajstić information content (AvgIpc) is 2.86. The van der Waals surface area contributed by atoms with Crippen molar-refractivity contribution >= 4 is 11.8 Å². The molecule has 2 rings (SSSR count). The normalized spacial score (nSPS) is 33.2. The first-order valence-electron chi connectivity index (χ1n) is 5.52. The molecule has 0 spiro atoms. The third-order valence-corrected chi connectivity index (χ3v) is 4.90. The first-order chi connectivity index (χ1) is 6.24. The Morgan fingerprint density at radius 1 is 1.46 bits per heavy atom. The van der Waals surface area contributed by atoms with Crippen LogP contribution in [-0.4, -0.2) is 35.5 Å². The minimum atomic E-state index is 0.678. The van der Waals surface area contributed by atoms with Gasteiger partial charge in [-0.3, -0.25) is 0 Å². The second-order valence-corrected chi connectivity index (χ2v) is 6.14. The molecular weight excluding hydrogens is 178 g/mol. The van der Waals surface area contributed by atoms with Crippen molar-refractivity contribution in [2.45, 2.75) is 37.4 Å². The Kier molecular flexibility index (Phi) is 2.89. The number of nitrogens with zero attached hydrogens (tertiary/aromatic N) is 1. The highest BCUT2D eigenvalue weighted by Gasteiger charge is 2.43. The summed E-state index contributed by atoms with van der Waals surface area (Å²) in [6.45, 7) is 6.46. The van der Waals surface area contributed by atoms with Crippen LogP contribution in [0, 0.1) is 5.92 Å². The van der Waals surface area contributed by atoms with Crippen LogP contribution < -0.4 is 0 Å². The lowest BCUT2D eigenvalue weighted by atomic mass is 10.0. The maximum absolute atomic E-state index is 2.69. The fourth-order valence-corrected chi connectivity index (χ4v) is 3.23. The van der Waals surface area contributed by atoms with Crippen LogP contribution in [0.25, 0.3) is 0 Å². The second-order valence-electron chi connectivity index (χ2n) is 4.87. The van der Waals surface area contributed by atoms with Crippen LogP contribution in [0.5, 0.6) is 0 Å². The topological polar surface area (TPSA) is 3.24 Å². The molecule has 1 aliphatic heterocycles. The van der Waals surface area contributed by atoms with Crippen LogP contribution in [0.3, 0.4) is 0 Å². The van der Waals surface area contributed by atoms with E-state index >= 15 is 0 Å². The highest BCUT2D eigenvalue weighted by molar-refractivity contribution is 8.00. The van der Waals surface area contributed by atoms with Crippen molar-refractivity contribution in [3.05, 3.63) is 0 Å². The van der Waals surface area contributed by atoms with Gasteiger partial charge in [0.2, 0.25) is 0 Å². The summed E-state index contributed by atoms with van der Waals surface area (Å²) in [5, 5.41) is 0. The minimum absolute atomic E-state index is 0.678. The van der Waals surface area contributed by atoms with Gasteiger partial charge < -0.3 is 4.90 Å². The highest BCUT2D eigenvalue weighted by atomic mass is 32.2. The molecule has 0 aromatic heterocycles. The number of hydrogen-bond donors (Lipinski definition) is 0. The molecular formula is C11H21NS. The van der Waals surface area contributed by atoms with E-state index in [1.807, 2.05) is 0 Å². The molecule has 1 unspecified atom stereocenters. The van der Waals surface area contributed by atoms with E-state index in [4.69, 9.17) is 0 Å². The quantitative estimate of drug-likeness (QED) is 0.687. The molecule has 1 atom stereocenters. The Morgan fingerprint density at radius 2 is 2.23 bits per heavy atom. The molecule has 2 fully saturated rings. The lowest BCUT2D eigenvalue weighted by Gasteiger charge is -2.33. The summed E-state index contributed by atoms with van der Waals surface area (Å²) in [6, 6.07) is 0. The Balaban J connectivity index is 1.80. The van der Waals surface area contributed by atoms with Gasteiger partial charge in [-0.05, 0) is 44.4 Å². The molecule has 1 nitrogen and oxygen atoms in total. The van der Waals surface area contributed by atoms with Crippen molar-refractivity contribution in [2.75, 3.05) is 25.9 Å². The molecule has 0 aromatic rings. The van der Waals surface area contributed by atoms with Crippen molar-refractivity contribution in [1.82, 2.24) is 4.90 Å². The zero-order valence-corrected chi connectivity index (χ0v) is 9.70. The standard InChI is InChI=1S/C11H21NS/c1-10-4-3-7-12(8-10)9-11(13-2)5-6-11/h10H,3-9H2,1-2H3. The molecule has 0 aromatic carbocycles. The fraction of sp³-hybridized carbons (Fsp3) is 1.00. The molecule has 76 valence electrons. The van der Waals surface area contributed by atoms with E-state index in [1.165, 1.54) is 45.3 Å². The minimum Gasteiger partial charge on any atom is -0.302 e. The van der Waals surface area contributed by atoms with Gasteiger partial charge in [0.05, 0.1) is 0 Å². The van der Waals surface area contributed by atoms with Crippen molar-refractivity contribution < 1.29 is 0 Å². The molecule has 0 bridgehead atoms. The van der Waals surface area contributed by atoms with Gasteiger partial charge >= 0.3 is 0 Å². The lowest BCUT2D eigenvalue weighted by Crippen LogP contribution is -2.39. The Labute approximate surface area is 86.3 Å². The van der Waals surface area contributed by atoms with E-state index in [2.05, 4.69) is 29.8 Å². The number of hydrogen-bond acceptors (Lipinski definition) is 2. The van der Waals surface area contributed by atoms with Gasteiger partial charge in [-0.25, -0.2) is 0 Å². The van der Waals surface area contributed by atoms with Crippen LogP contribution in [0.1, 0.15) is 32.6 Å². The van der Waals surface area contributed by atoms with Crippen molar-refractivity contribution in [2.24, 2.45) is 5.92 Å². The smallest absolute Gasteiger partial charge is 0.0285 e. The molecule has 1 saturated heterocycles. The van der Waals surface area contributed by atoms with Crippen molar-refractivity contribution in [1.29, 1.82) is 0 Å². The zero-order valence-electron chi connectivity index (χ0n) is 8.88. The average molecular weight is 199 g/mol. The van der Waals surface area contributed by atoms with Gasteiger partial charge in [-0.2, -0.15) is 11.8 Å². The van der Waals surface area contributed by atoms with Crippen molar-refractivity contribution in [3.8, 4) is 0 Å². The van der Waals surface area contributed by atoms with Gasteiger partial charge in [0.25, 0.3) is 0 Å². The van der Waals surface area contributed by atoms with Gasteiger partial charge in [0.1, 0.15) is 0 Å². The zero-order chi connectivity index (χ0) is 9.31. The molecule has 1 aliphatic carbocycles. The van der Waals surface area contributed by atoms with Crippen LogP contribution >= 0.6 is 11.8 Å². The Bertz CT molecular complexity index is 177. The molecule has 2 aliphatic rings. The molecule has 0 amide bonds. The first kappa shape index (κ1) is 9.85. The Hall–Kier alpha value is 0.310. The molecule has 1 saturated carbocycles. The fourth-order valence-electron chi connectivity index (χ4n) is 2.40. The molecule has 0 radical (unpaired) electrons. The molecule has 2 heteroatoms. The summed E-state index contributed by atoms with van der Waals surface area (Å²) < 4.78 is 0.678. The number of thioether (sulfide) groups is 1. The summed E-state index contributed by atoms with van der Waals surface area (Å²) in [6.07, 6.45) is 8.06. The summed E-state index contributed by atoms with van der Waals surface area (Å²) in [5.41, 5.74) is 0. The van der Waals surface area contributed by atoms with Gasteiger partial charge in [-0.15, -0.1) is 0 Å². The predicted molar refractivity (Wildman–Crippen MR) is 60.3 cm³/mol. The van der Waals surface area contributed by atoms with E-state index in [0.29, 0.717) is 4.75 Å². The summed E-state index contributed by atoms with van der Waals surface area (Å²) in [4.78, 5) is 2.69. The largest absolute Gasteiger partial charge is 0.302 e. The van der Waals surface area contributed by atoms with Crippen LogP contribution in [-0.2, 0) is 0 Å². The van der Waals surface area contributed by atoms with E-state index in [-0.39, 0.29) is 0 Å². The van der Waals surface area contributed by atoms with Crippen LogP contribution in [0.15, 0.2) is 0 Å². The number of piperidine rings is 1. The second kappa shape index (κ2) is 3.82. The Morgan fingerprint density at radius 3 is 2.77 bits per heavy atom. The van der Waals surface area contributed by atoms with Crippen LogP contribution in [0.4, 0.5) is 0 Å². The SMILES string of the molecule is CSC1(CN2CCCC(C)C2)CC1. The first-order valence-corrected chi connectivity index (χ1v) is 6.74.